The van der Waals surface area contributed by atoms with Crippen LogP contribution in [0.5, 0.6) is 0 Å². The van der Waals surface area contributed by atoms with Crippen LogP contribution in [0.3, 0.4) is 0 Å². The number of hydrogen-bond acceptors (Lipinski definition) is 3. The first-order chi connectivity index (χ1) is 8.54. The zero-order valence-electron chi connectivity index (χ0n) is 10.4. The molecule has 0 aromatic heterocycles. The van der Waals surface area contributed by atoms with E-state index in [-0.39, 0.29) is 5.91 Å². The Labute approximate surface area is 112 Å². The van der Waals surface area contributed by atoms with Crippen LogP contribution in [0.1, 0.15) is 13.3 Å². The molecule has 0 spiro atoms. The first kappa shape index (κ1) is 13.2. The molecule has 1 amide bonds. The maximum atomic E-state index is 11.9. The summed E-state index contributed by atoms with van der Waals surface area (Å²) in [5.41, 5.74) is 6.89. The Morgan fingerprint density at radius 3 is 3.06 bits per heavy atom. The number of nitrogens with one attached hydrogen (secondary N) is 1. The van der Waals surface area contributed by atoms with Crippen LogP contribution in [-0.4, -0.2) is 30.4 Å². The van der Waals surface area contributed by atoms with E-state index >= 15 is 0 Å². The van der Waals surface area contributed by atoms with Crippen LogP contribution >= 0.6 is 11.6 Å². The van der Waals surface area contributed by atoms with Crippen molar-refractivity contribution < 1.29 is 4.79 Å². The molecule has 0 saturated carbocycles. The van der Waals surface area contributed by atoms with Crippen molar-refractivity contribution in [3.63, 3.8) is 0 Å². The maximum Gasteiger partial charge on any atom is 0.238 e. The standard InChI is InChI=1S/C13H18ClN3O/c1-9-4-5-17(7-9)8-13(18)16-12-6-10(14)2-3-11(12)15/h2-3,6,9H,4-5,7-8,15H2,1H3,(H,16,18). The van der Waals surface area contributed by atoms with E-state index in [1.54, 1.807) is 18.2 Å². The summed E-state index contributed by atoms with van der Waals surface area (Å²) in [5.74, 6) is 0.632. The fourth-order valence-corrected chi connectivity index (χ4v) is 2.37. The van der Waals surface area contributed by atoms with Crippen molar-refractivity contribution in [1.82, 2.24) is 4.90 Å². The normalized spacial score (nSPS) is 20.0. The number of rotatable bonds is 3. The van der Waals surface area contributed by atoms with Gasteiger partial charge in [-0.1, -0.05) is 18.5 Å². The SMILES string of the molecule is CC1CCN(CC(=O)Nc2cc(Cl)ccc2N)C1. The number of anilines is 2. The maximum absolute atomic E-state index is 11.9. The van der Waals surface area contributed by atoms with E-state index in [9.17, 15) is 4.79 Å². The lowest BCUT2D eigenvalue weighted by Crippen LogP contribution is -2.31. The molecule has 0 aliphatic carbocycles. The van der Waals surface area contributed by atoms with Gasteiger partial charge in [-0.3, -0.25) is 9.69 Å². The number of amides is 1. The Bertz CT molecular complexity index is 450. The Kier molecular flexibility index (Phi) is 4.09. The molecule has 5 heteroatoms. The molecular formula is C13H18ClN3O. The van der Waals surface area contributed by atoms with Gasteiger partial charge < -0.3 is 11.1 Å². The summed E-state index contributed by atoms with van der Waals surface area (Å²) in [6.45, 7) is 4.58. The molecule has 4 nitrogen and oxygen atoms in total. The van der Waals surface area contributed by atoms with Crippen molar-refractivity contribution in [2.24, 2.45) is 5.92 Å². The van der Waals surface area contributed by atoms with E-state index < -0.39 is 0 Å². The lowest BCUT2D eigenvalue weighted by Gasteiger charge is -2.15. The van der Waals surface area contributed by atoms with Gasteiger partial charge in [0, 0.05) is 11.6 Å². The third kappa shape index (κ3) is 3.37. The predicted molar refractivity (Wildman–Crippen MR) is 74.7 cm³/mol. The summed E-state index contributed by atoms with van der Waals surface area (Å²) in [7, 11) is 0. The molecule has 98 valence electrons. The van der Waals surface area contributed by atoms with Gasteiger partial charge in [0.25, 0.3) is 0 Å². The zero-order chi connectivity index (χ0) is 13.1. The lowest BCUT2D eigenvalue weighted by molar-refractivity contribution is -0.117. The summed E-state index contributed by atoms with van der Waals surface area (Å²) in [4.78, 5) is 14.0. The third-order valence-corrected chi connectivity index (χ3v) is 3.40. The van der Waals surface area contributed by atoms with Crippen molar-refractivity contribution in [2.75, 3.05) is 30.7 Å². The number of carbonyl (C=O) groups is 1. The highest BCUT2D eigenvalue weighted by molar-refractivity contribution is 6.31. The molecule has 18 heavy (non-hydrogen) atoms. The summed E-state index contributed by atoms with van der Waals surface area (Å²) in [5, 5.41) is 3.37. The van der Waals surface area contributed by atoms with E-state index in [1.807, 2.05) is 0 Å². The molecule has 1 aromatic rings. The molecule has 1 fully saturated rings. The van der Waals surface area contributed by atoms with E-state index in [0.717, 1.165) is 19.5 Å². The Balaban J connectivity index is 1.92. The summed E-state index contributed by atoms with van der Waals surface area (Å²) < 4.78 is 0. The second-order valence-electron chi connectivity index (χ2n) is 4.91. The zero-order valence-corrected chi connectivity index (χ0v) is 11.2. The topological polar surface area (TPSA) is 58.4 Å². The van der Waals surface area contributed by atoms with Crippen molar-refractivity contribution in [1.29, 1.82) is 0 Å². The minimum absolute atomic E-state index is 0.0435. The predicted octanol–water partition coefficient (Wildman–Crippen LogP) is 2.20. The average Bonchev–Trinajstić information content (AvgIpc) is 2.69. The first-order valence-corrected chi connectivity index (χ1v) is 6.49. The number of benzene rings is 1. The van der Waals surface area contributed by atoms with E-state index in [0.29, 0.717) is 28.9 Å². The lowest BCUT2D eigenvalue weighted by atomic mass is 10.2. The highest BCUT2D eigenvalue weighted by Crippen LogP contribution is 2.23. The van der Waals surface area contributed by atoms with Gasteiger partial charge >= 0.3 is 0 Å². The van der Waals surface area contributed by atoms with Gasteiger partial charge in [0.15, 0.2) is 0 Å². The minimum Gasteiger partial charge on any atom is -0.397 e. The largest absolute Gasteiger partial charge is 0.397 e. The monoisotopic (exact) mass is 267 g/mol. The van der Waals surface area contributed by atoms with Gasteiger partial charge in [-0.2, -0.15) is 0 Å². The number of nitrogen functional groups attached to an aromatic ring is 1. The molecule has 1 aromatic carbocycles. The van der Waals surface area contributed by atoms with Gasteiger partial charge in [0.1, 0.15) is 0 Å². The van der Waals surface area contributed by atoms with Crippen LogP contribution < -0.4 is 11.1 Å². The Morgan fingerprint density at radius 2 is 2.39 bits per heavy atom. The minimum atomic E-state index is -0.0435. The number of halogens is 1. The summed E-state index contributed by atoms with van der Waals surface area (Å²) >= 11 is 5.87. The molecule has 2 rings (SSSR count). The van der Waals surface area contributed by atoms with E-state index in [4.69, 9.17) is 17.3 Å². The fraction of sp³-hybridized carbons (Fsp3) is 0.462. The molecule has 1 atom stereocenters. The van der Waals surface area contributed by atoms with Crippen LogP contribution in [-0.2, 0) is 4.79 Å². The van der Waals surface area contributed by atoms with Crippen LogP contribution in [0.2, 0.25) is 5.02 Å². The highest BCUT2D eigenvalue weighted by atomic mass is 35.5. The van der Waals surface area contributed by atoms with E-state index in [1.165, 1.54) is 0 Å². The quantitative estimate of drug-likeness (QED) is 0.826. The molecular weight excluding hydrogens is 250 g/mol. The second kappa shape index (κ2) is 5.59. The highest BCUT2D eigenvalue weighted by Gasteiger charge is 2.20. The number of nitrogens with two attached hydrogens (primary N) is 1. The van der Waals surface area contributed by atoms with Crippen molar-refractivity contribution in [3.05, 3.63) is 23.2 Å². The number of likely N-dealkylation sites (tertiary alicyclic amines) is 1. The average molecular weight is 268 g/mol. The van der Waals surface area contributed by atoms with Gasteiger partial charge in [-0.25, -0.2) is 0 Å². The molecule has 1 heterocycles. The van der Waals surface area contributed by atoms with Crippen molar-refractivity contribution >= 4 is 28.9 Å². The molecule has 1 unspecified atom stereocenters. The van der Waals surface area contributed by atoms with Gasteiger partial charge in [0.2, 0.25) is 5.91 Å². The first-order valence-electron chi connectivity index (χ1n) is 6.12. The molecule has 1 aliphatic rings. The molecule has 3 N–H and O–H groups in total. The smallest absolute Gasteiger partial charge is 0.238 e. The third-order valence-electron chi connectivity index (χ3n) is 3.16. The number of carbonyl (C=O) groups excluding carboxylic acids is 1. The number of nitrogens with zero attached hydrogens (tertiary/aromatic N) is 1. The van der Waals surface area contributed by atoms with Gasteiger partial charge in [0.05, 0.1) is 17.9 Å². The fourth-order valence-electron chi connectivity index (χ4n) is 2.20. The Morgan fingerprint density at radius 1 is 1.61 bits per heavy atom. The summed E-state index contributed by atoms with van der Waals surface area (Å²) in [6.07, 6.45) is 1.16. The van der Waals surface area contributed by atoms with Crippen molar-refractivity contribution in [3.8, 4) is 0 Å². The van der Waals surface area contributed by atoms with Crippen LogP contribution in [0.4, 0.5) is 11.4 Å². The molecule has 0 radical (unpaired) electrons. The van der Waals surface area contributed by atoms with Crippen LogP contribution in [0, 0.1) is 5.92 Å². The number of hydrogen-bond donors (Lipinski definition) is 2. The second-order valence-corrected chi connectivity index (χ2v) is 5.35. The Hall–Kier alpha value is -1.26. The van der Waals surface area contributed by atoms with Crippen LogP contribution in [0.25, 0.3) is 0 Å². The molecule has 1 saturated heterocycles. The summed E-state index contributed by atoms with van der Waals surface area (Å²) in [6, 6.07) is 5.06. The molecule has 1 aliphatic heterocycles. The van der Waals surface area contributed by atoms with E-state index in [2.05, 4.69) is 17.1 Å². The molecule has 0 bridgehead atoms. The van der Waals surface area contributed by atoms with Crippen LogP contribution in [0.15, 0.2) is 18.2 Å². The van der Waals surface area contributed by atoms with Gasteiger partial charge in [-0.05, 0) is 37.1 Å². The van der Waals surface area contributed by atoms with Crippen molar-refractivity contribution in [2.45, 2.75) is 13.3 Å². The van der Waals surface area contributed by atoms with Gasteiger partial charge in [-0.15, -0.1) is 0 Å².